The number of benzene rings is 2. The number of ether oxygens (including phenoxy) is 1. The first-order chi connectivity index (χ1) is 15.2. The largest absolute Gasteiger partial charge is 0.490 e. The molecule has 162 valence electrons. The van der Waals surface area contributed by atoms with Gasteiger partial charge in [0.25, 0.3) is 0 Å². The van der Waals surface area contributed by atoms with Gasteiger partial charge in [-0.1, -0.05) is 42.1 Å². The molecule has 1 aliphatic carbocycles. The van der Waals surface area contributed by atoms with Crippen LogP contribution in [0.25, 0.3) is 11.4 Å². The smallest absolute Gasteiger partial charge is 0.230 e. The number of nitrogens with one attached hydrogen (secondary N) is 1. The highest BCUT2D eigenvalue weighted by Crippen LogP contribution is 2.27. The Bertz CT molecular complexity index is 983. The average Bonchev–Trinajstić information content (AvgIpc) is 3.43. The van der Waals surface area contributed by atoms with Gasteiger partial charge in [0, 0.05) is 19.2 Å². The van der Waals surface area contributed by atoms with Gasteiger partial charge in [-0.2, -0.15) is 0 Å². The molecule has 1 N–H and O–H groups in total. The van der Waals surface area contributed by atoms with E-state index in [1.165, 1.54) is 30.2 Å². The molecule has 4 rings (SSSR count). The molecule has 7 heteroatoms. The van der Waals surface area contributed by atoms with Gasteiger partial charge in [-0.25, -0.2) is 0 Å². The van der Waals surface area contributed by atoms with Crippen molar-refractivity contribution in [1.29, 1.82) is 0 Å². The molecule has 0 unspecified atom stereocenters. The Hall–Kier alpha value is -2.80. The predicted molar refractivity (Wildman–Crippen MR) is 123 cm³/mol. The molecule has 0 radical (unpaired) electrons. The van der Waals surface area contributed by atoms with E-state index in [1.54, 1.807) is 0 Å². The summed E-state index contributed by atoms with van der Waals surface area (Å²) in [7, 11) is 1.92. The first-order valence-electron chi connectivity index (χ1n) is 10.8. The van der Waals surface area contributed by atoms with Crippen LogP contribution in [0.3, 0.4) is 0 Å². The summed E-state index contributed by atoms with van der Waals surface area (Å²) in [6.07, 6.45) is 5.98. The highest BCUT2D eigenvalue weighted by atomic mass is 32.2. The quantitative estimate of drug-likeness (QED) is 0.508. The summed E-state index contributed by atoms with van der Waals surface area (Å²) in [5.41, 5.74) is 2.20. The standard InChI is InChI=1S/C24H28N4O2S/c1-28-23(19-11-13-21(14-12-19)30-20-9-5-6-10-20)26-27-24(28)31-17-22(29)25-16-15-18-7-3-2-4-8-18/h2-4,7-8,11-14,20H,5-6,9-10,15-17H2,1H3,(H,25,29). The second kappa shape index (κ2) is 10.5. The van der Waals surface area contributed by atoms with E-state index in [4.69, 9.17) is 4.74 Å². The van der Waals surface area contributed by atoms with Gasteiger partial charge >= 0.3 is 0 Å². The minimum Gasteiger partial charge on any atom is -0.490 e. The molecular formula is C24H28N4O2S. The molecule has 0 bridgehead atoms. The molecule has 1 saturated carbocycles. The molecule has 1 aliphatic rings. The van der Waals surface area contributed by atoms with Crippen LogP contribution in [0.5, 0.6) is 5.75 Å². The third kappa shape index (κ3) is 5.88. The van der Waals surface area contributed by atoms with Gasteiger partial charge in [-0.3, -0.25) is 4.79 Å². The number of amides is 1. The van der Waals surface area contributed by atoms with Crippen LogP contribution in [0.15, 0.2) is 59.8 Å². The molecule has 2 aromatic carbocycles. The van der Waals surface area contributed by atoms with Crippen molar-refractivity contribution in [2.45, 2.75) is 43.4 Å². The van der Waals surface area contributed by atoms with Crippen molar-refractivity contribution in [3.8, 4) is 17.1 Å². The molecular weight excluding hydrogens is 408 g/mol. The molecule has 1 fully saturated rings. The molecule has 0 atom stereocenters. The Morgan fingerprint density at radius 2 is 1.84 bits per heavy atom. The van der Waals surface area contributed by atoms with Crippen LogP contribution in [0.4, 0.5) is 0 Å². The lowest BCUT2D eigenvalue weighted by molar-refractivity contribution is -0.118. The summed E-state index contributed by atoms with van der Waals surface area (Å²) in [4.78, 5) is 12.2. The van der Waals surface area contributed by atoms with Crippen molar-refractivity contribution in [3.63, 3.8) is 0 Å². The van der Waals surface area contributed by atoms with Crippen molar-refractivity contribution in [3.05, 3.63) is 60.2 Å². The molecule has 0 saturated heterocycles. The maximum Gasteiger partial charge on any atom is 0.230 e. The predicted octanol–water partition coefficient (Wildman–Crippen LogP) is 4.25. The Morgan fingerprint density at radius 3 is 2.58 bits per heavy atom. The molecule has 31 heavy (non-hydrogen) atoms. The summed E-state index contributed by atoms with van der Waals surface area (Å²) in [5.74, 6) is 1.99. The van der Waals surface area contributed by atoms with E-state index in [0.29, 0.717) is 18.4 Å². The third-order valence-electron chi connectivity index (χ3n) is 5.46. The van der Waals surface area contributed by atoms with E-state index in [2.05, 4.69) is 27.6 Å². The number of carbonyl (C=O) groups excluding carboxylic acids is 1. The monoisotopic (exact) mass is 436 g/mol. The van der Waals surface area contributed by atoms with Crippen LogP contribution in [0.1, 0.15) is 31.2 Å². The first-order valence-corrected chi connectivity index (χ1v) is 11.8. The Balaban J connectivity index is 1.27. The van der Waals surface area contributed by atoms with Crippen LogP contribution in [0.2, 0.25) is 0 Å². The van der Waals surface area contributed by atoms with Crippen molar-refractivity contribution in [1.82, 2.24) is 20.1 Å². The third-order valence-corrected chi connectivity index (χ3v) is 6.48. The SMILES string of the molecule is Cn1c(SCC(=O)NCCc2ccccc2)nnc1-c1ccc(OC2CCCC2)cc1. The number of nitrogens with zero attached hydrogens (tertiary/aromatic N) is 3. The minimum absolute atomic E-state index is 0.00102. The highest BCUT2D eigenvalue weighted by Gasteiger charge is 2.17. The summed E-state index contributed by atoms with van der Waals surface area (Å²) < 4.78 is 7.96. The van der Waals surface area contributed by atoms with Gasteiger partial charge in [-0.15, -0.1) is 10.2 Å². The van der Waals surface area contributed by atoms with E-state index in [-0.39, 0.29) is 5.91 Å². The van der Waals surface area contributed by atoms with Crippen molar-refractivity contribution < 1.29 is 9.53 Å². The number of aromatic nitrogens is 3. The van der Waals surface area contributed by atoms with Crippen LogP contribution < -0.4 is 10.1 Å². The van der Waals surface area contributed by atoms with E-state index in [1.807, 2.05) is 54.1 Å². The number of hydrogen-bond acceptors (Lipinski definition) is 5. The van der Waals surface area contributed by atoms with Crippen molar-refractivity contribution in [2.24, 2.45) is 7.05 Å². The lowest BCUT2D eigenvalue weighted by Gasteiger charge is -2.13. The second-order valence-corrected chi connectivity index (χ2v) is 8.73. The van der Waals surface area contributed by atoms with Crippen LogP contribution in [-0.4, -0.2) is 39.1 Å². The van der Waals surface area contributed by atoms with Gasteiger partial charge < -0.3 is 14.6 Å². The van der Waals surface area contributed by atoms with E-state index in [9.17, 15) is 4.79 Å². The van der Waals surface area contributed by atoms with Crippen molar-refractivity contribution in [2.75, 3.05) is 12.3 Å². The summed E-state index contributed by atoms with van der Waals surface area (Å²) in [5, 5.41) is 12.3. The Labute approximate surface area is 187 Å². The topological polar surface area (TPSA) is 69.0 Å². The van der Waals surface area contributed by atoms with Gasteiger partial charge in [0.2, 0.25) is 5.91 Å². The number of carbonyl (C=O) groups is 1. The van der Waals surface area contributed by atoms with Crippen molar-refractivity contribution >= 4 is 17.7 Å². The molecule has 1 aromatic heterocycles. The summed E-state index contributed by atoms with van der Waals surface area (Å²) in [6, 6.07) is 18.2. The van der Waals surface area contributed by atoms with Crippen LogP contribution >= 0.6 is 11.8 Å². The lowest BCUT2D eigenvalue weighted by atomic mass is 10.1. The maximum absolute atomic E-state index is 12.2. The molecule has 6 nitrogen and oxygen atoms in total. The Morgan fingerprint density at radius 1 is 1.10 bits per heavy atom. The zero-order valence-electron chi connectivity index (χ0n) is 17.8. The normalized spacial score (nSPS) is 14.0. The first kappa shape index (κ1) is 21.4. The van der Waals surface area contributed by atoms with E-state index < -0.39 is 0 Å². The average molecular weight is 437 g/mol. The van der Waals surface area contributed by atoms with Gasteiger partial charge in [-0.05, 0) is 61.9 Å². The van der Waals surface area contributed by atoms with Gasteiger partial charge in [0.1, 0.15) is 5.75 Å². The minimum atomic E-state index is -0.00102. The molecule has 3 aromatic rings. The van der Waals surface area contributed by atoms with Gasteiger partial charge in [0.05, 0.1) is 11.9 Å². The van der Waals surface area contributed by atoms with Crippen LogP contribution in [-0.2, 0) is 18.3 Å². The number of hydrogen-bond donors (Lipinski definition) is 1. The number of rotatable bonds is 9. The lowest BCUT2D eigenvalue weighted by Crippen LogP contribution is -2.27. The van der Waals surface area contributed by atoms with E-state index in [0.717, 1.165) is 41.6 Å². The fourth-order valence-electron chi connectivity index (χ4n) is 3.75. The summed E-state index contributed by atoms with van der Waals surface area (Å²) in [6.45, 7) is 0.628. The highest BCUT2D eigenvalue weighted by molar-refractivity contribution is 7.99. The van der Waals surface area contributed by atoms with Crippen LogP contribution in [0, 0.1) is 0 Å². The zero-order chi connectivity index (χ0) is 21.5. The fraction of sp³-hybridized carbons (Fsp3) is 0.375. The maximum atomic E-state index is 12.2. The Kier molecular flexibility index (Phi) is 7.25. The summed E-state index contributed by atoms with van der Waals surface area (Å²) >= 11 is 1.39. The van der Waals surface area contributed by atoms with E-state index >= 15 is 0 Å². The fourth-order valence-corrected chi connectivity index (χ4v) is 4.49. The van der Waals surface area contributed by atoms with Gasteiger partial charge in [0.15, 0.2) is 11.0 Å². The zero-order valence-corrected chi connectivity index (χ0v) is 18.6. The molecule has 0 spiro atoms. The second-order valence-electron chi connectivity index (χ2n) is 7.79. The molecule has 1 heterocycles. The molecule has 0 aliphatic heterocycles. The number of thioether (sulfide) groups is 1. The molecule has 1 amide bonds.